The molecule has 0 aromatic heterocycles. The summed E-state index contributed by atoms with van der Waals surface area (Å²) in [5.41, 5.74) is 0.865. The van der Waals surface area contributed by atoms with E-state index in [0.717, 1.165) is 27.9 Å². The lowest BCUT2D eigenvalue weighted by molar-refractivity contribution is -0.384. The molecule has 10 heteroatoms. The van der Waals surface area contributed by atoms with E-state index in [9.17, 15) is 23.3 Å². The molecule has 0 radical (unpaired) electrons. The van der Waals surface area contributed by atoms with E-state index in [1.165, 1.54) is 25.1 Å². The topological polar surface area (TPSA) is 119 Å². The van der Waals surface area contributed by atoms with Crippen molar-refractivity contribution < 1.29 is 22.9 Å². The van der Waals surface area contributed by atoms with Crippen LogP contribution in [0.5, 0.6) is 5.75 Å². The Bertz CT molecular complexity index is 1010. The predicted molar refractivity (Wildman–Crippen MR) is 114 cm³/mol. The van der Waals surface area contributed by atoms with Gasteiger partial charge in [0.25, 0.3) is 5.69 Å². The quantitative estimate of drug-likeness (QED) is 0.348. The molecule has 0 unspecified atom stereocenters. The summed E-state index contributed by atoms with van der Waals surface area (Å²) in [5, 5.41) is 13.7. The molecule has 0 aliphatic heterocycles. The lowest BCUT2D eigenvalue weighted by Crippen LogP contribution is -2.48. The van der Waals surface area contributed by atoms with Gasteiger partial charge in [0.1, 0.15) is 11.8 Å². The number of nitrogens with zero attached hydrogens (tertiary/aromatic N) is 2. The Labute approximate surface area is 175 Å². The number of anilines is 1. The van der Waals surface area contributed by atoms with Gasteiger partial charge in [0, 0.05) is 18.7 Å². The minimum Gasteiger partial charge on any atom is -0.497 e. The average Bonchev–Trinajstić information content (AvgIpc) is 2.70. The molecular formula is C20H25N3O6S. The number of carbonyl (C=O) groups excluding carboxylic acids is 1. The van der Waals surface area contributed by atoms with Crippen LogP contribution in [-0.4, -0.2) is 45.2 Å². The molecular weight excluding hydrogens is 410 g/mol. The standard InChI is InChI=1S/C20H25N3O6S/c1-15(20(24)21-12-6-8-16-7-4-11-19(13-16)29-2)22(30(3,27)28)17-9-5-10-18(14-17)23(25)26/h4-5,7,9-11,13-15H,6,8,12H2,1-3H3,(H,21,24)/t15-/m0/s1. The molecule has 9 nitrogen and oxygen atoms in total. The fourth-order valence-electron chi connectivity index (χ4n) is 3.03. The van der Waals surface area contributed by atoms with E-state index in [0.29, 0.717) is 19.4 Å². The molecule has 1 amide bonds. The molecule has 0 saturated heterocycles. The van der Waals surface area contributed by atoms with Crippen molar-refractivity contribution in [2.75, 3.05) is 24.2 Å². The highest BCUT2D eigenvalue weighted by atomic mass is 32.2. The van der Waals surface area contributed by atoms with Crippen LogP contribution in [0.15, 0.2) is 48.5 Å². The fraction of sp³-hybridized carbons (Fsp3) is 0.350. The maximum Gasteiger partial charge on any atom is 0.271 e. The van der Waals surface area contributed by atoms with Gasteiger partial charge in [0.05, 0.1) is 24.0 Å². The van der Waals surface area contributed by atoms with Gasteiger partial charge in [0.2, 0.25) is 15.9 Å². The molecule has 2 rings (SSSR count). The molecule has 0 heterocycles. The first kappa shape index (κ1) is 23.1. The number of non-ortho nitro benzene ring substituents is 1. The zero-order chi connectivity index (χ0) is 22.3. The van der Waals surface area contributed by atoms with Crippen LogP contribution in [0.25, 0.3) is 0 Å². The molecule has 2 aromatic rings. The van der Waals surface area contributed by atoms with Gasteiger partial charge >= 0.3 is 0 Å². The Morgan fingerprint density at radius 2 is 1.93 bits per heavy atom. The number of hydrogen-bond acceptors (Lipinski definition) is 6. The normalized spacial score (nSPS) is 12.1. The van der Waals surface area contributed by atoms with E-state index in [1.807, 2.05) is 24.3 Å². The number of rotatable bonds is 10. The summed E-state index contributed by atoms with van der Waals surface area (Å²) < 4.78 is 30.7. The number of nitro benzene ring substituents is 1. The van der Waals surface area contributed by atoms with Crippen molar-refractivity contribution in [1.29, 1.82) is 0 Å². The van der Waals surface area contributed by atoms with Crippen molar-refractivity contribution in [3.63, 3.8) is 0 Å². The molecule has 1 N–H and O–H groups in total. The van der Waals surface area contributed by atoms with Crippen LogP contribution in [-0.2, 0) is 21.2 Å². The Morgan fingerprint density at radius 1 is 1.23 bits per heavy atom. The molecule has 0 aliphatic carbocycles. The highest BCUT2D eigenvalue weighted by molar-refractivity contribution is 7.92. The molecule has 1 atom stereocenters. The molecule has 30 heavy (non-hydrogen) atoms. The van der Waals surface area contributed by atoms with Crippen LogP contribution in [0.2, 0.25) is 0 Å². The fourth-order valence-corrected chi connectivity index (χ4v) is 4.20. The van der Waals surface area contributed by atoms with Gasteiger partial charge in [-0.15, -0.1) is 0 Å². The minimum atomic E-state index is -3.85. The van der Waals surface area contributed by atoms with Crippen molar-refractivity contribution in [1.82, 2.24) is 5.32 Å². The predicted octanol–water partition coefficient (Wildman–Crippen LogP) is 2.51. The maximum atomic E-state index is 12.6. The van der Waals surface area contributed by atoms with E-state index >= 15 is 0 Å². The van der Waals surface area contributed by atoms with Gasteiger partial charge in [-0.25, -0.2) is 8.42 Å². The number of benzene rings is 2. The van der Waals surface area contributed by atoms with Crippen LogP contribution in [0.1, 0.15) is 18.9 Å². The summed E-state index contributed by atoms with van der Waals surface area (Å²) in [7, 11) is -2.26. The summed E-state index contributed by atoms with van der Waals surface area (Å²) in [6.45, 7) is 1.80. The smallest absolute Gasteiger partial charge is 0.271 e. The van der Waals surface area contributed by atoms with E-state index in [1.54, 1.807) is 7.11 Å². The Morgan fingerprint density at radius 3 is 2.57 bits per heavy atom. The third-order valence-electron chi connectivity index (χ3n) is 4.46. The number of amides is 1. The van der Waals surface area contributed by atoms with Crippen molar-refractivity contribution in [2.24, 2.45) is 0 Å². The average molecular weight is 436 g/mol. The lowest BCUT2D eigenvalue weighted by atomic mass is 10.1. The van der Waals surface area contributed by atoms with E-state index in [-0.39, 0.29) is 11.4 Å². The second-order valence-electron chi connectivity index (χ2n) is 6.76. The number of methoxy groups -OCH3 is 1. The van der Waals surface area contributed by atoms with Gasteiger partial charge in [-0.1, -0.05) is 18.2 Å². The van der Waals surface area contributed by atoms with Gasteiger partial charge in [-0.3, -0.25) is 19.2 Å². The van der Waals surface area contributed by atoms with Crippen LogP contribution in [0.4, 0.5) is 11.4 Å². The SMILES string of the molecule is COc1cccc(CCCNC(=O)[C@H](C)N(c2cccc([N+](=O)[O-])c2)S(C)(=O)=O)c1. The van der Waals surface area contributed by atoms with E-state index in [4.69, 9.17) is 4.74 Å². The number of carbonyl (C=O) groups is 1. The lowest BCUT2D eigenvalue weighted by Gasteiger charge is -2.28. The molecule has 0 aliphatic rings. The van der Waals surface area contributed by atoms with Gasteiger partial charge in [-0.2, -0.15) is 0 Å². The van der Waals surface area contributed by atoms with Crippen molar-refractivity contribution in [2.45, 2.75) is 25.8 Å². The Kier molecular flexibility index (Phi) is 7.76. The van der Waals surface area contributed by atoms with Crippen molar-refractivity contribution >= 4 is 27.3 Å². The minimum absolute atomic E-state index is 0.0609. The van der Waals surface area contributed by atoms with E-state index in [2.05, 4.69) is 5.32 Å². The zero-order valence-electron chi connectivity index (χ0n) is 17.1. The third-order valence-corrected chi connectivity index (χ3v) is 5.70. The molecule has 0 spiro atoms. The summed E-state index contributed by atoms with van der Waals surface area (Å²) in [6.07, 6.45) is 2.33. The highest BCUT2D eigenvalue weighted by Crippen LogP contribution is 2.25. The van der Waals surface area contributed by atoms with Gasteiger partial charge < -0.3 is 10.1 Å². The number of aryl methyl sites for hydroxylation is 1. The largest absolute Gasteiger partial charge is 0.497 e. The number of ether oxygens (including phenoxy) is 1. The Hall–Kier alpha value is -3.14. The molecule has 0 bridgehead atoms. The van der Waals surface area contributed by atoms with Crippen LogP contribution in [0, 0.1) is 10.1 Å². The van der Waals surface area contributed by atoms with Gasteiger partial charge in [0.15, 0.2) is 0 Å². The van der Waals surface area contributed by atoms with E-state index < -0.39 is 26.9 Å². The number of hydrogen-bond donors (Lipinski definition) is 1. The third kappa shape index (κ3) is 6.18. The molecule has 0 fully saturated rings. The first-order valence-corrected chi connectivity index (χ1v) is 11.1. The van der Waals surface area contributed by atoms with Crippen molar-refractivity contribution in [3.8, 4) is 5.75 Å². The first-order chi connectivity index (χ1) is 14.1. The summed E-state index contributed by atoms with van der Waals surface area (Å²) in [4.78, 5) is 23.0. The Balaban J connectivity index is 2.03. The zero-order valence-corrected chi connectivity index (χ0v) is 17.9. The van der Waals surface area contributed by atoms with Gasteiger partial charge in [-0.05, 0) is 43.5 Å². The number of nitro groups is 1. The summed E-state index contributed by atoms with van der Waals surface area (Å²) in [5.74, 6) is 0.267. The summed E-state index contributed by atoms with van der Waals surface area (Å²) in [6, 6.07) is 11.7. The van der Waals surface area contributed by atoms with Crippen LogP contribution < -0.4 is 14.4 Å². The maximum absolute atomic E-state index is 12.6. The van der Waals surface area contributed by atoms with Crippen LogP contribution in [0.3, 0.4) is 0 Å². The molecule has 0 saturated carbocycles. The second-order valence-corrected chi connectivity index (χ2v) is 8.62. The monoisotopic (exact) mass is 435 g/mol. The van der Waals surface area contributed by atoms with Crippen LogP contribution >= 0.6 is 0 Å². The van der Waals surface area contributed by atoms with Crippen molar-refractivity contribution in [3.05, 3.63) is 64.2 Å². The molecule has 162 valence electrons. The number of nitrogens with one attached hydrogen (secondary N) is 1. The first-order valence-electron chi connectivity index (χ1n) is 9.28. The highest BCUT2D eigenvalue weighted by Gasteiger charge is 2.29. The summed E-state index contributed by atoms with van der Waals surface area (Å²) >= 11 is 0. The second kappa shape index (κ2) is 10.1. The number of sulfonamides is 1. The molecule has 2 aromatic carbocycles.